The molecule has 1 N–H and O–H groups in total. The largest absolute Gasteiger partial charge is 0.355 e. The summed E-state index contributed by atoms with van der Waals surface area (Å²) in [6.07, 6.45) is 10.1. The molecule has 3 nitrogen and oxygen atoms in total. The Morgan fingerprint density at radius 3 is 1.94 bits per heavy atom. The minimum absolute atomic E-state index is 0.0138. The Morgan fingerprint density at radius 2 is 1.39 bits per heavy atom. The predicted octanol–water partition coefficient (Wildman–Crippen LogP) is 5.65. The minimum atomic E-state index is 0.0138. The Hall–Kier alpha value is -2.13. The molecule has 0 aromatic heterocycles. The monoisotopic (exact) mass is 418 g/mol. The lowest BCUT2D eigenvalue weighted by Gasteiger charge is -2.50. The van der Waals surface area contributed by atoms with E-state index in [-0.39, 0.29) is 22.8 Å². The molecule has 0 bridgehead atoms. The third-order valence-electron chi connectivity index (χ3n) is 8.16. The van der Waals surface area contributed by atoms with Gasteiger partial charge in [-0.2, -0.15) is 0 Å². The number of rotatable bonds is 6. The molecule has 0 aliphatic heterocycles. The second-order valence-electron chi connectivity index (χ2n) is 9.99. The van der Waals surface area contributed by atoms with Crippen LogP contribution in [0.4, 0.5) is 0 Å². The molecule has 4 rings (SSSR count). The smallest absolute Gasteiger partial charge is 0.223 e. The van der Waals surface area contributed by atoms with Crippen molar-refractivity contribution in [1.29, 1.82) is 0 Å². The first-order valence-corrected chi connectivity index (χ1v) is 12.1. The topological polar surface area (TPSA) is 32.3 Å². The van der Waals surface area contributed by atoms with Crippen molar-refractivity contribution in [3.05, 3.63) is 71.8 Å². The number of amides is 1. The highest BCUT2D eigenvalue weighted by atomic mass is 16.1. The van der Waals surface area contributed by atoms with E-state index in [1.807, 2.05) is 0 Å². The van der Waals surface area contributed by atoms with Crippen LogP contribution in [0, 0.1) is 5.92 Å². The summed E-state index contributed by atoms with van der Waals surface area (Å²) in [6.45, 7) is 0.755. The van der Waals surface area contributed by atoms with Crippen molar-refractivity contribution in [1.82, 2.24) is 10.2 Å². The first kappa shape index (κ1) is 22.1. The quantitative estimate of drug-likeness (QED) is 0.657. The first-order valence-electron chi connectivity index (χ1n) is 12.1. The zero-order valence-electron chi connectivity index (χ0n) is 19.3. The highest BCUT2D eigenvalue weighted by Gasteiger charge is 2.46. The van der Waals surface area contributed by atoms with Crippen LogP contribution in [-0.2, 0) is 15.7 Å². The molecule has 2 aliphatic carbocycles. The summed E-state index contributed by atoms with van der Waals surface area (Å²) < 4.78 is 0. The van der Waals surface area contributed by atoms with Crippen molar-refractivity contribution < 1.29 is 4.79 Å². The molecule has 2 aromatic rings. The number of carbonyl (C=O) groups excluding carboxylic acids is 1. The molecular formula is C28H38N2O. The van der Waals surface area contributed by atoms with Crippen molar-refractivity contribution in [2.24, 2.45) is 5.92 Å². The van der Waals surface area contributed by atoms with Crippen LogP contribution in [0.2, 0.25) is 0 Å². The SMILES string of the molecule is CN(C)C1(c2ccccc2)CCC(CNC(=O)C2CCCCC2)(c2ccccc2)CC1. The Bertz CT molecular complexity index is 832. The second kappa shape index (κ2) is 9.56. The molecular weight excluding hydrogens is 380 g/mol. The van der Waals surface area contributed by atoms with Crippen LogP contribution >= 0.6 is 0 Å². The van der Waals surface area contributed by atoms with Gasteiger partial charge in [-0.05, 0) is 63.7 Å². The van der Waals surface area contributed by atoms with Gasteiger partial charge in [-0.3, -0.25) is 9.69 Å². The average molecular weight is 419 g/mol. The van der Waals surface area contributed by atoms with E-state index in [9.17, 15) is 4.79 Å². The fourth-order valence-corrected chi connectivity index (χ4v) is 6.01. The maximum atomic E-state index is 13.0. The number of benzene rings is 2. The molecule has 1 amide bonds. The molecule has 2 aromatic carbocycles. The number of nitrogens with zero attached hydrogens (tertiary/aromatic N) is 1. The van der Waals surface area contributed by atoms with Crippen LogP contribution in [0.15, 0.2) is 60.7 Å². The summed E-state index contributed by atoms with van der Waals surface area (Å²) in [5.74, 6) is 0.498. The zero-order chi connectivity index (χ0) is 21.7. The van der Waals surface area contributed by atoms with Gasteiger partial charge >= 0.3 is 0 Å². The summed E-state index contributed by atoms with van der Waals surface area (Å²) in [5.41, 5.74) is 2.86. The summed E-state index contributed by atoms with van der Waals surface area (Å²) in [5, 5.41) is 3.41. The van der Waals surface area contributed by atoms with E-state index in [4.69, 9.17) is 0 Å². The number of hydrogen-bond donors (Lipinski definition) is 1. The van der Waals surface area contributed by atoms with E-state index >= 15 is 0 Å². The molecule has 0 radical (unpaired) electrons. The fourth-order valence-electron chi connectivity index (χ4n) is 6.01. The van der Waals surface area contributed by atoms with Gasteiger partial charge in [0, 0.05) is 23.4 Å². The Morgan fingerprint density at radius 1 is 0.839 bits per heavy atom. The fraction of sp³-hybridized carbons (Fsp3) is 0.536. The lowest BCUT2D eigenvalue weighted by molar-refractivity contribution is -0.126. The van der Waals surface area contributed by atoms with Gasteiger partial charge in [0.15, 0.2) is 0 Å². The zero-order valence-corrected chi connectivity index (χ0v) is 19.3. The lowest BCUT2D eigenvalue weighted by Crippen LogP contribution is -2.51. The van der Waals surface area contributed by atoms with Crippen molar-refractivity contribution in [2.45, 2.75) is 68.7 Å². The highest BCUT2D eigenvalue weighted by molar-refractivity contribution is 5.78. The molecule has 0 spiro atoms. The Kier molecular flexibility index (Phi) is 6.81. The van der Waals surface area contributed by atoms with E-state index in [0.717, 1.165) is 45.1 Å². The number of carbonyl (C=O) groups is 1. The van der Waals surface area contributed by atoms with Gasteiger partial charge < -0.3 is 5.32 Å². The van der Waals surface area contributed by atoms with Crippen LogP contribution in [0.1, 0.15) is 68.9 Å². The Labute approximate surface area is 188 Å². The molecule has 0 saturated heterocycles. The molecule has 2 aliphatic rings. The molecule has 3 heteroatoms. The van der Waals surface area contributed by atoms with Gasteiger partial charge in [-0.15, -0.1) is 0 Å². The minimum Gasteiger partial charge on any atom is -0.355 e. The molecule has 2 fully saturated rings. The maximum Gasteiger partial charge on any atom is 0.223 e. The third-order valence-corrected chi connectivity index (χ3v) is 8.16. The van der Waals surface area contributed by atoms with E-state index in [1.54, 1.807) is 0 Å². The number of nitrogens with one attached hydrogen (secondary N) is 1. The van der Waals surface area contributed by atoms with Gasteiger partial charge in [0.1, 0.15) is 0 Å². The summed E-state index contributed by atoms with van der Waals surface area (Å²) >= 11 is 0. The molecule has 31 heavy (non-hydrogen) atoms. The van der Waals surface area contributed by atoms with Crippen LogP contribution in [-0.4, -0.2) is 31.4 Å². The highest BCUT2D eigenvalue weighted by Crippen LogP contribution is 2.49. The average Bonchev–Trinajstić information content (AvgIpc) is 2.84. The van der Waals surface area contributed by atoms with Crippen LogP contribution < -0.4 is 5.32 Å². The first-order chi connectivity index (χ1) is 15.1. The van der Waals surface area contributed by atoms with Gasteiger partial charge in [-0.25, -0.2) is 0 Å². The predicted molar refractivity (Wildman–Crippen MR) is 128 cm³/mol. The van der Waals surface area contributed by atoms with Gasteiger partial charge in [0.05, 0.1) is 0 Å². The summed E-state index contributed by atoms with van der Waals surface area (Å²) in [7, 11) is 4.43. The second-order valence-corrected chi connectivity index (χ2v) is 9.99. The molecule has 166 valence electrons. The maximum absolute atomic E-state index is 13.0. The van der Waals surface area contributed by atoms with Crippen LogP contribution in [0.25, 0.3) is 0 Å². The van der Waals surface area contributed by atoms with E-state index < -0.39 is 0 Å². The van der Waals surface area contributed by atoms with Crippen LogP contribution in [0.3, 0.4) is 0 Å². The lowest BCUT2D eigenvalue weighted by atomic mass is 9.62. The summed E-state index contributed by atoms with van der Waals surface area (Å²) in [6, 6.07) is 21.9. The van der Waals surface area contributed by atoms with Gasteiger partial charge in [-0.1, -0.05) is 79.9 Å². The van der Waals surface area contributed by atoms with Crippen molar-refractivity contribution in [3.63, 3.8) is 0 Å². The van der Waals surface area contributed by atoms with Crippen molar-refractivity contribution in [2.75, 3.05) is 20.6 Å². The molecule has 0 unspecified atom stereocenters. The van der Waals surface area contributed by atoms with E-state index in [1.165, 1.54) is 30.4 Å². The van der Waals surface area contributed by atoms with Gasteiger partial charge in [0.25, 0.3) is 0 Å². The van der Waals surface area contributed by atoms with Crippen LogP contribution in [0.5, 0.6) is 0 Å². The van der Waals surface area contributed by atoms with Crippen molar-refractivity contribution >= 4 is 5.91 Å². The number of hydrogen-bond acceptors (Lipinski definition) is 2. The van der Waals surface area contributed by atoms with Gasteiger partial charge in [0.2, 0.25) is 5.91 Å². The van der Waals surface area contributed by atoms with Crippen molar-refractivity contribution in [3.8, 4) is 0 Å². The normalized spacial score (nSPS) is 27.2. The van der Waals surface area contributed by atoms with E-state index in [2.05, 4.69) is 85.0 Å². The van der Waals surface area contributed by atoms with E-state index in [0.29, 0.717) is 0 Å². The molecule has 0 heterocycles. The Balaban J connectivity index is 1.55. The molecule has 0 atom stereocenters. The standard InChI is InChI=1S/C28H38N2O/c1-30(2)28(25-16-10-5-11-17-25)20-18-27(19-21-28,24-14-8-4-9-15-24)22-29-26(31)23-12-6-3-7-13-23/h4-5,8-11,14-17,23H,3,6-7,12-13,18-22H2,1-2H3,(H,29,31). The summed E-state index contributed by atoms with van der Waals surface area (Å²) in [4.78, 5) is 15.4. The third kappa shape index (κ3) is 4.57. The molecule has 2 saturated carbocycles.